The minimum Gasteiger partial charge on any atom is -0.392 e. The van der Waals surface area contributed by atoms with Gasteiger partial charge in [-0.15, -0.1) is 0 Å². The van der Waals surface area contributed by atoms with Gasteiger partial charge in [-0.05, 0) is 37.3 Å². The van der Waals surface area contributed by atoms with Crippen molar-refractivity contribution in [2.24, 2.45) is 5.92 Å². The van der Waals surface area contributed by atoms with Crippen molar-refractivity contribution in [1.82, 2.24) is 5.32 Å². The number of aliphatic hydroxyl groups excluding tert-OH is 1. The van der Waals surface area contributed by atoms with Gasteiger partial charge in [-0.3, -0.25) is 10.1 Å². The summed E-state index contributed by atoms with van der Waals surface area (Å²) in [5, 5.41) is 24.1. The maximum Gasteiger partial charge on any atom is 0.269 e. The molecule has 0 aliphatic carbocycles. The van der Waals surface area contributed by atoms with Gasteiger partial charge >= 0.3 is 0 Å². The zero-order chi connectivity index (χ0) is 16.8. The molecule has 1 aromatic carbocycles. The molecule has 23 heavy (non-hydrogen) atoms. The van der Waals surface area contributed by atoms with Gasteiger partial charge in [0.1, 0.15) is 0 Å². The molecule has 1 fully saturated rings. The second kappa shape index (κ2) is 8.26. The Balaban J connectivity index is 1.76. The van der Waals surface area contributed by atoms with Crippen LogP contribution in [0.2, 0.25) is 0 Å². The average molecular weight is 321 g/mol. The zero-order valence-electron chi connectivity index (χ0n) is 13.9. The van der Waals surface area contributed by atoms with Crippen LogP contribution in [0.15, 0.2) is 24.3 Å². The molecule has 0 radical (unpaired) electrons. The number of piperidine rings is 1. The molecule has 1 aliphatic rings. The summed E-state index contributed by atoms with van der Waals surface area (Å²) < 4.78 is 0. The van der Waals surface area contributed by atoms with Crippen molar-refractivity contribution in [2.75, 3.05) is 24.5 Å². The third-order valence-corrected chi connectivity index (χ3v) is 4.31. The predicted molar refractivity (Wildman–Crippen MR) is 91.8 cm³/mol. The highest BCUT2D eigenvalue weighted by molar-refractivity contribution is 5.51. The zero-order valence-corrected chi connectivity index (χ0v) is 13.9. The molecule has 1 aromatic rings. The molecule has 2 rings (SSSR count). The third-order valence-electron chi connectivity index (χ3n) is 4.31. The Morgan fingerprint density at radius 1 is 1.30 bits per heavy atom. The highest BCUT2D eigenvalue weighted by atomic mass is 16.6. The van der Waals surface area contributed by atoms with Gasteiger partial charge in [-0.25, -0.2) is 0 Å². The number of hydrogen-bond acceptors (Lipinski definition) is 5. The lowest BCUT2D eigenvalue weighted by Crippen LogP contribution is -2.44. The van der Waals surface area contributed by atoms with E-state index in [1.807, 2.05) is 12.1 Å². The number of non-ortho nitro benzene ring substituents is 1. The van der Waals surface area contributed by atoms with Crippen LogP contribution in [0.25, 0.3) is 0 Å². The van der Waals surface area contributed by atoms with Gasteiger partial charge in [0.05, 0.1) is 11.0 Å². The number of hydrogen-bond donors (Lipinski definition) is 2. The van der Waals surface area contributed by atoms with E-state index >= 15 is 0 Å². The van der Waals surface area contributed by atoms with E-state index in [0.717, 1.165) is 38.0 Å². The summed E-state index contributed by atoms with van der Waals surface area (Å²) in [6.45, 7) is 6.74. The van der Waals surface area contributed by atoms with Gasteiger partial charge in [0.2, 0.25) is 0 Å². The minimum absolute atomic E-state index is 0.129. The number of nitro benzene ring substituents is 1. The van der Waals surface area contributed by atoms with Crippen molar-refractivity contribution in [3.05, 3.63) is 34.4 Å². The Bertz CT molecular complexity index is 496. The fraction of sp³-hybridized carbons (Fsp3) is 0.647. The summed E-state index contributed by atoms with van der Waals surface area (Å²) >= 11 is 0. The van der Waals surface area contributed by atoms with Crippen molar-refractivity contribution < 1.29 is 10.0 Å². The summed E-state index contributed by atoms with van der Waals surface area (Å²) in [4.78, 5) is 12.6. The first-order chi connectivity index (χ1) is 11.0. The van der Waals surface area contributed by atoms with Crippen LogP contribution >= 0.6 is 0 Å². The molecule has 2 N–H and O–H groups in total. The molecular formula is C17H27N3O3. The van der Waals surface area contributed by atoms with Crippen molar-refractivity contribution in [3.63, 3.8) is 0 Å². The predicted octanol–water partition coefficient (Wildman–Crippen LogP) is 2.56. The normalized spacial score (nSPS) is 17.5. The fourth-order valence-electron chi connectivity index (χ4n) is 3.06. The largest absolute Gasteiger partial charge is 0.392 e. The number of aliphatic hydroxyl groups is 1. The van der Waals surface area contributed by atoms with Gasteiger partial charge in [0.25, 0.3) is 5.69 Å². The van der Waals surface area contributed by atoms with Crippen LogP contribution in [0.3, 0.4) is 0 Å². The highest BCUT2D eigenvalue weighted by Crippen LogP contribution is 2.23. The lowest BCUT2D eigenvalue weighted by Gasteiger charge is -2.34. The lowest BCUT2D eigenvalue weighted by atomic mass is 10.0. The summed E-state index contributed by atoms with van der Waals surface area (Å²) in [7, 11) is 0. The molecule has 1 atom stereocenters. The van der Waals surface area contributed by atoms with E-state index < -0.39 is 0 Å². The Kier molecular flexibility index (Phi) is 6.36. The quantitative estimate of drug-likeness (QED) is 0.596. The van der Waals surface area contributed by atoms with Gasteiger partial charge in [0, 0.05) is 43.5 Å². The van der Waals surface area contributed by atoms with E-state index in [0.29, 0.717) is 18.5 Å². The number of rotatable bonds is 7. The molecule has 6 heteroatoms. The standard InChI is InChI=1S/C17H27N3O3/c1-13(2)11-17(21)12-18-14-7-9-19(10-8-14)15-3-5-16(6-4-15)20(22)23/h3-6,13-14,17-18,21H,7-12H2,1-2H3. The average Bonchev–Trinajstić information content (AvgIpc) is 2.53. The summed E-state index contributed by atoms with van der Waals surface area (Å²) in [6, 6.07) is 7.19. The molecular weight excluding hydrogens is 294 g/mol. The smallest absolute Gasteiger partial charge is 0.269 e. The van der Waals surface area contributed by atoms with Crippen LogP contribution < -0.4 is 10.2 Å². The number of anilines is 1. The van der Waals surface area contributed by atoms with Gasteiger partial charge in [-0.2, -0.15) is 0 Å². The van der Waals surface area contributed by atoms with Crippen molar-refractivity contribution in [3.8, 4) is 0 Å². The minimum atomic E-state index is -0.373. The van der Waals surface area contributed by atoms with E-state index in [2.05, 4.69) is 24.1 Å². The molecule has 0 saturated carbocycles. The van der Waals surface area contributed by atoms with Crippen LogP contribution in [0.1, 0.15) is 33.1 Å². The van der Waals surface area contributed by atoms with Crippen molar-refractivity contribution in [2.45, 2.75) is 45.3 Å². The van der Waals surface area contributed by atoms with Gasteiger partial charge in [-0.1, -0.05) is 13.8 Å². The Labute approximate surface area is 137 Å². The molecule has 0 aromatic heterocycles. The molecule has 0 amide bonds. The maximum atomic E-state index is 10.7. The van der Waals surface area contributed by atoms with Crippen LogP contribution in [0.5, 0.6) is 0 Å². The fourth-order valence-corrected chi connectivity index (χ4v) is 3.06. The SMILES string of the molecule is CC(C)CC(O)CNC1CCN(c2ccc([N+](=O)[O-])cc2)CC1. The highest BCUT2D eigenvalue weighted by Gasteiger charge is 2.20. The Hall–Kier alpha value is -1.66. The monoisotopic (exact) mass is 321 g/mol. The number of benzene rings is 1. The molecule has 1 saturated heterocycles. The molecule has 1 aliphatic heterocycles. The Morgan fingerprint density at radius 3 is 2.43 bits per heavy atom. The lowest BCUT2D eigenvalue weighted by molar-refractivity contribution is -0.384. The van der Waals surface area contributed by atoms with Crippen molar-refractivity contribution in [1.29, 1.82) is 0 Å². The van der Waals surface area contributed by atoms with E-state index in [-0.39, 0.29) is 16.7 Å². The topological polar surface area (TPSA) is 78.6 Å². The van der Waals surface area contributed by atoms with Crippen molar-refractivity contribution >= 4 is 11.4 Å². The first-order valence-electron chi connectivity index (χ1n) is 8.36. The van der Waals surface area contributed by atoms with Crippen LogP contribution in [0.4, 0.5) is 11.4 Å². The molecule has 0 bridgehead atoms. The van der Waals surface area contributed by atoms with E-state index in [1.165, 1.54) is 0 Å². The first kappa shape index (κ1) is 17.7. The molecule has 128 valence electrons. The van der Waals surface area contributed by atoms with E-state index in [1.54, 1.807) is 12.1 Å². The van der Waals surface area contributed by atoms with Crippen LogP contribution in [-0.4, -0.2) is 41.8 Å². The summed E-state index contributed by atoms with van der Waals surface area (Å²) in [5.41, 5.74) is 1.17. The molecule has 1 heterocycles. The number of nitro groups is 1. The molecule has 6 nitrogen and oxygen atoms in total. The maximum absolute atomic E-state index is 10.7. The van der Waals surface area contributed by atoms with Crippen LogP contribution in [0, 0.1) is 16.0 Å². The van der Waals surface area contributed by atoms with Crippen LogP contribution in [-0.2, 0) is 0 Å². The van der Waals surface area contributed by atoms with E-state index in [4.69, 9.17) is 0 Å². The van der Waals surface area contributed by atoms with E-state index in [9.17, 15) is 15.2 Å². The number of nitrogens with one attached hydrogen (secondary N) is 1. The first-order valence-corrected chi connectivity index (χ1v) is 8.36. The molecule has 0 spiro atoms. The molecule has 1 unspecified atom stereocenters. The summed E-state index contributed by atoms with van der Waals surface area (Å²) in [5.74, 6) is 0.510. The summed E-state index contributed by atoms with van der Waals surface area (Å²) in [6.07, 6.45) is 2.59. The second-order valence-corrected chi connectivity index (χ2v) is 6.73. The van der Waals surface area contributed by atoms with Gasteiger partial charge < -0.3 is 15.3 Å². The van der Waals surface area contributed by atoms with Gasteiger partial charge in [0.15, 0.2) is 0 Å². The number of nitrogens with zero attached hydrogens (tertiary/aromatic N) is 2. The Morgan fingerprint density at radius 2 is 1.91 bits per heavy atom. The second-order valence-electron chi connectivity index (χ2n) is 6.73. The third kappa shape index (κ3) is 5.48.